The number of benzene rings is 2. The van der Waals surface area contributed by atoms with E-state index >= 15 is 0 Å². The monoisotopic (exact) mass is 474 g/mol. The largest absolute Gasteiger partial charge is 0.489 e. The number of rotatable bonds is 6. The minimum atomic E-state index is -0.364. The molecule has 0 aromatic heterocycles. The molecule has 0 bridgehead atoms. The van der Waals surface area contributed by atoms with E-state index in [-0.39, 0.29) is 12.0 Å². The van der Waals surface area contributed by atoms with Crippen molar-refractivity contribution in [1.82, 2.24) is 4.90 Å². The maximum absolute atomic E-state index is 12.8. The summed E-state index contributed by atoms with van der Waals surface area (Å²) in [7, 11) is 0. The number of esters is 1. The number of hydrogen-bond acceptors (Lipinski definition) is 6. The van der Waals surface area contributed by atoms with Crippen molar-refractivity contribution >= 4 is 46.1 Å². The van der Waals surface area contributed by atoms with Crippen LogP contribution in [-0.4, -0.2) is 22.6 Å². The molecule has 31 heavy (non-hydrogen) atoms. The van der Waals surface area contributed by atoms with Crippen LogP contribution in [0, 0.1) is 0 Å². The highest BCUT2D eigenvalue weighted by molar-refractivity contribution is 8.16. The zero-order chi connectivity index (χ0) is 22.0. The number of amidine groups is 1. The van der Waals surface area contributed by atoms with Gasteiger partial charge in [0.2, 0.25) is 0 Å². The van der Waals surface area contributed by atoms with E-state index in [1.54, 1.807) is 19.1 Å². The van der Waals surface area contributed by atoms with Gasteiger partial charge in [0.15, 0.2) is 5.17 Å². The predicted molar refractivity (Wildman–Crippen MR) is 125 cm³/mol. The standard InChI is InChI=1S/C23H20Cl2N2O3S/c1-3-29-22(28)20-14(2)26-23-27(9-10-31-23)21(20)15-5-4-6-18(11-15)30-13-16-7-8-17(24)12-19(16)25/h4-12,21H,3,13H2,1-2H3/t21-/m0/s1. The summed E-state index contributed by atoms with van der Waals surface area (Å²) in [6.45, 7) is 4.23. The molecule has 2 heterocycles. The van der Waals surface area contributed by atoms with Crippen LogP contribution in [0.25, 0.3) is 0 Å². The molecule has 0 fully saturated rings. The van der Waals surface area contributed by atoms with Crippen LogP contribution in [0.3, 0.4) is 0 Å². The van der Waals surface area contributed by atoms with Crippen LogP contribution in [0.15, 0.2) is 70.3 Å². The van der Waals surface area contributed by atoms with Gasteiger partial charge in [-0.3, -0.25) is 0 Å². The second kappa shape index (κ2) is 9.39. The Morgan fingerprint density at radius 2 is 2.06 bits per heavy atom. The Balaban J connectivity index is 1.63. The Morgan fingerprint density at radius 3 is 2.84 bits per heavy atom. The number of hydrogen-bond donors (Lipinski definition) is 0. The second-order valence-electron chi connectivity index (χ2n) is 6.92. The van der Waals surface area contributed by atoms with Gasteiger partial charge in [-0.05, 0) is 49.1 Å². The van der Waals surface area contributed by atoms with Crippen LogP contribution in [0.1, 0.15) is 31.0 Å². The lowest BCUT2D eigenvalue weighted by Crippen LogP contribution is -2.34. The van der Waals surface area contributed by atoms with E-state index in [1.807, 2.05) is 53.8 Å². The minimum Gasteiger partial charge on any atom is -0.489 e. The lowest BCUT2D eigenvalue weighted by atomic mass is 9.94. The zero-order valence-electron chi connectivity index (χ0n) is 17.0. The van der Waals surface area contributed by atoms with E-state index in [1.165, 1.54) is 11.8 Å². The van der Waals surface area contributed by atoms with Gasteiger partial charge in [-0.1, -0.05) is 53.2 Å². The van der Waals surface area contributed by atoms with Crippen LogP contribution in [0.5, 0.6) is 5.75 Å². The number of thioether (sulfide) groups is 1. The van der Waals surface area contributed by atoms with Crippen molar-refractivity contribution in [3.05, 3.63) is 86.5 Å². The first kappa shape index (κ1) is 21.8. The van der Waals surface area contributed by atoms with Gasteiger partial charge in [0.1, 0.15) is 12.4 Å². The maximum Gasteiger partial charge on any atom is 0.338 e. The van der Waals surface area contributed by atoms with Gasteiger partial charge in [0.05, 0.1) is 23.9 Å². The molecule has 0 amide bonds. The van der Waals surface area contributed by atoms with E-state index < -0.39 is 0 Å². The number of aliphatic imine (C=N–C) groups is 1. The topological polar surface area (TPSA) is 51.1 Å². The molecule has 0 unspecified atom stereocenters. The van der Waals surface area contributed by atoms with E-state index in [0.29, 0.717) is 40.3 Å². The molecule has 2 aromatic carbocycles. The number of fused-ring (bicyclic) bond motifs is 1. The van der Waals surface area contributed by atoms with Crippen molar-refractivity contribution in [1.29, 1.82) is 0 Å². The SMILES string of the molecule is CCOC(=O)C1=C(C)N=C2SC=CN2[C@H]1c1cccc(OCc2ccc(Cl)cc2Cl)c1. The van der Waals surface area contributed by atoms with Crippen molar-refractivity contribution in [2.75, 3.05) is 6.61 Å². The normalized spacial score (nSPS) is 17.5. The van der Waals surface area contributed by atoms with Gasteiger partial charge in [-0.15, -0.1) is 0 Å². The highest BCUT2D eigenvalue weighted by Gasteiger charge is 2.37. The summed E-state index contributed by atoms with van der Waals surface area (Å²) in [5, 5.41) is 3.92. The number of allylic oxidation sites excluding steroid dienone is 1. The average molecular weight is 475 g/mol. The van der Waals surface area contributed by atoms with Gasteiger partial charge in [-0.25, -0.2) is 9.79 Å². The average Bonchev–Trinajstić information content (AvgIpc) is 3.20. The Labute approximate surface area is 195 Å². The van der Waals surface area contributed by atoms with Gasteiger partial charge in [-0.2, -0.15) is 0 Å². The van der Waals surface area contributed by atoms with Gasteiger partial charge < -0.3 is 14.4 Å². The number of carbonyl (C=O) groups is 1. The summed E-state index contributed by atoms with van der Waals surface area (Å²) in [6, 6.07) is 12.7. The molecule has 0 spiro atoms. The highest BCUT2D eigenvalue weighted by atomic mass is 35.5. The summed E-state index contributed by atoms with van der Waals surface area (Å²) in [4.78, 5) is 19.3. The molecule has 0 saturated heterocycles. The highest BCUT2D eigenvalue weighted by Crippen LogP contribution is 2.41. The van der Waals surface area contributed by atoms with Crippen molar-refractivity contribution in [2.24, 2.45) is 4.99 Å². The number of halogens is 2. The lowest BCUT2D eigenvalue weighted by molar-refractivity contribution is -0.139. The third-order valence-electron chi connectivity index (χ3n) is 4.90. The molecule has 8 heteroatoms. The molecule has 4 rings (SSSR count). The summed E-state index contributed by atoms with van der Waals surface area (Å²) in [5.74, 6) is 0.307. The third kappa shape index (κ3) is 4.61. The fraction of sp³-hybridized carbons (Fsp3) is 0.217. The molecule has 160 valence electrons. The summed E-state index contributed by atoms with van der Waals surface area (Å²) in [5.41, 5.74) is 2.92. The third-order valence-corrected chi connectivity index (χ3v) is 6.26. The number of ether oxygens (including phenoxy) is 2. The molecular weight excluding hydrogens is 455 g/mol. The molecule has 1 atom stereocenters. The van der Waals surface area contributed by atoms with Crippen LogP contribution in [-0.2, 0) is 16.1 Å². The molecule has 0 aliphatic carbocycles. The summed E-state index contributed by atoms with van der Waals surface area (Å²) in [6.07, 6.45) is 1.93. The molecular formula is C23H20Cl2N2O3S. The van der Waals surface area contributed by atoms with E-state index in [2.05, 4.69) is 4.99 Å². The molecule has 0 radical (unpaired) electrons. The van der Waals surface area contributed by atoms with Gasteiger partial charge >= 0.3 is 5.97 Å². The van der Waals surface area contributed by atoms with Crippen LogP contribution < -0.4 is 4.74 Å². The van der Waals surface area contributed by atoms with Crippen molar-refractivity contribution in [3.63, 3.8) is 0 Å². The van der Waals surface area contributed by atoms with Crippen LogP contribution >= 0.6 is 35.0 Å². The molecule has 2 aliphatic heterocycles. The fourth-order valence-electron chi connectivity index (χ4n) is 3.47. The molecule has 5 nitrogen and oxygen atoms in total. The van der Waals surface area contributed by atoms with E-state index in [9.17, 15) is 4.79 Å². The molecule has 0 saturated carbocycles. The van der Waals surface area contributed by atoms with Crippen LogP contribution in [0.4, 0.5) is 0 Å². The predicted octanol–water partition coefficient (Wildman–Crippen LogP) is 6.34. The second-order valence-corrected chi connectivity index (χ2v) is 8.64. The number of nitrogens with zero attached hydrogens (tertiary/aromatic N) is 2. The zero-order valence-corrected chi connectivity index (χ0v) is 19.3. The fourth-order valence-corrected chi connectivity index (χ4v) is 4.73. The van der Waals surface area contributed by atoms with Crippen molar-refractivity contribution in [2.45, 2.75) is 26.5 Å². The molecule has 2 aromatic rings. The van der Waals surface area contributed by atoms with Crippen molar-refractivity contribution < 1.29 is 14.3 Å². The first-order valence-corrected chi connectivity index (χ1v) is 11.4. The molecule has 0 N–H and O–H groups in total. The lowest BCUT2D eigenvalue weighted by Gasteiger charge is -2.33. The summed E-state index contributed by atoms with van der Waals surface area (Å²) < 4.78 is 11.3. The van der Waals surface area contributed by atoms with Crippen molar-refractivity contribution in [3.8, 4) is 5.75 Å². The van der Waals surface area contributed by atoms with E-state index in [0.717, 1.165) is 16.3 Å². The first-order chi connectivity index (χ1) is 15.0. The maximum atomic E-state index is 12.8. The first-order valence-electron chi connectivity index (χ1n) is 9.73. The minimum absolute atomic E-state index is 0.300. The van der Waals surface area contributed by atoms with Gasteiger partial charge in [0, 0.05) is 21.8 Å². The Kier molecular flexibility index (Phi) is 6.60. The summed E-state index contributed by atoms with van der Waals surface area (Å²) >= 11 is 13.7. The number of carbonyl (C=O) groups excluding carboxylic acids is 1. The Bertz CT molecular complexity index is 1110. The van der Waals surface area contributed by atoms with Crippen LogP contribution in [0.2, 0.25) is 10.0 Å². The smallest absolute Gasteiger partial charge is 0.338 e. The van der Waals surface area contributed by atoms with E-state index in [4.69, 9.17) is 32.7 Å². The molecule has 2 aliphatic rings. The van der Waals surface area contributed by atoms with Gasteiger partial charge in [0.25, 0.3) is 0 Å². The quantitative estimate of drug-likeness (QED) is 0.457. The Morgan fingerprint density at radius 1 is 1.23 bits per heavy atom. The Hall–Kier alpha value is -2.41.